The lowest BCUT2D eigenvalue weighted by atomic mass is 10.1. The summed E-state index contributed by atoms with van der Waals surface area (Å²) in [6.07, 6.45) is 2.63. The van der Waals surface area contributed by atoms with Gasteiger partial charge in [-0.05, 0) is 24.3 Å². The molecule has 0 unspecified atom stereocenters. The summed E-state index contributed by atoms with van der Waals surface area (Å²) in [5.41, 5.74) is 1.15. The lowest BCUT2D eigenvalue weighted by Gasteiger charge is -2.20. The van der Waals surface area contributed by atoms with Gasteiger partial charge in [0.15, 0.2) is 0 Å². The molecule has 18 heavy (non-hydrogen) atoms. The molecule has 94 valence electrons. The van der Waals surface area contributed by atoms with Crippen molar-refractivity contribution in [2.45, 2.75) is 6.42 Å². The molecule has 0 aromatic heterocycles. The highest BCUT2D eigenvalue weighted by molar-refractivity contribution is 5.87. The van der Waals surface area contributed by atoms with Gasteiger partial charge >= 0.3 is 5.97 Å². The highest BCUT2D eigenvalue weighted by Gasteiger charge is 2.07. The number of nitriles is 1. The van der Waals surface area contributed by atoms with Crippen molar-refractivity contribution in [1.82, 2.24) is 0 Å². The van der Waals surface area contributed by atoms with E-state index in [-0.39, 0.29) is 0 Å². The van der Waals surface area contributed by atoms with Crippen molar-refractivity contribution in [3.8, 4) is 6.07 Å². The summed E-state index contributed by atoms with van der Waals surface area (Å²) in [6, 6.07) is 6.15. The molecule has 1 aromatic carbocycles. The van der Waals surface area contributed by atoms with Crippen molar-refractivity contribution in [2.75, 3.05) is 18.5 Å². The lowest BCUT2D eigenvalue weighted by molar-refractivity contribution is -0.131. The van der Waals surface area contributed by atoms with Crippen LogP contribution in [0, 0.1) is 17.1 Å². The summed E-state index contributed by atoms with van der Waals surface area (Å²) in [5.74, 6) is -1.53. The van der Waals surface area contributed by atoms with E-state index in [0.717, 1.165) is 6.08 Å². The first-order valence-corrected chi connectivity index (χ1v) is 5.33. The molecule has 0 heterocycles. The first kappa shape index (κ1) is 13.7. The second kappa shape index (κ2) is 6.40. The summed E-state index contributed by atoms with van der Waals surface area (Å²) in [7, 11) is 1.77. The summed E-state index contributed by atoms with van der Waals surface area (Å²) in [4.78, 5) is 12.3. The van der Waals surface area contributed by atoms with Crippen molar-refractivity contribution in [3.63, 3.8) is 0 Å². The van der Waals surface area contributed by atoms with Gasteiger partial charge in [-0.3, -0.25) is 0 Å². The number of aliphatic carboxylic acids is 1. The fourth-order valence-electron chi connectivity index (χ4n) is 1.51. The minimum atomic E-state index is -1.09. The lowest BCUT2D eigenvalue weighted by Crippen LogP contribution is -2.19. The molecule has 5 heteroatoms. The van der Waals surface area contributed by atoms with Gasteiger partial charge in [-0.2, -0.15) is 5.26 Å². The fraction of sp³-hybridized carbons (Fsp3) is 0.231. The van der Waals surface area contributed by atoms with Gasteiger partial charge < -0.3 is 10.0 Å². The number of halogens is 1. The van der Waals surface area contributed by atoms with Gasteiger partial charge in [-0.15, -0.1) is 0 Å². The van der Waals surface area contributed by atoms with Crippen LogP contribution in [0.4, 0.5) is 10.1 Å². The number of anilines is 1. The first-order chi connectivity index (χ1) is 8.54. The van der Waals surface area contributed by atoms with Gasteiger partial charge in [-0.1, -0.05) is 0 Å². The average Bonchev–Trinajstić information content (AvgIpc) is 2.33. The van der Waals surface area contributed by atoms with E-state index in [2.05, 4.69) is 0 Å². The van der Waals surface area contributed by atoms with E-state index < -0.39 is 11.8 Å². The number of rotatable bonds is 5. The van der Waals surface area contributed by atoms with E-state index >= 15 is 0 Å². The monoisotopic (exact) mass is 248 g/mol. The Hall–Kier alpha value is -2.35. The maximum atomic E-state index is 13.1. The van der Waals surface area contributed by atoms with Crippen LogP contribution in [0.1, 0.15) is 12.0 Å². The Morgan fingerprint density at radius 3 is 2.94 bits per heavy atom. The standard InChI is InChI=1S/C13H13FN2O2/c1-16(8-2-7-15)12-5-4-11(14)9-10(12)3-6-13(17)18/h3-6,9H,2,8H2,1H3,(H,17,18)/b6-3+. The molecule has 0 bridgehead atoms. The Labute approximate surface area is 105 Å². The Bertz CT molecular complexity index is 506. The van der Waals surface area contributed by atoms with Crippen LogP contribution in [0.15, 0.2) is 24.3 Å². The highest BCUT2D eigenvalue weighted by Crippen LogP contribution is 2.22. The van der Waals surface area contributed by atoms with Crippen LogP contribution in [0.2, 0.25) is 0 Å². The minimum absolute atomic E-state index is 0.343. The molecule has 4 nitrogen and oxygen atoms in total. The van der Waals surface area contributed by atoms with Crippen LogP contribution < -0.4 is 4.90 Å². The van der Waals surface area contributed by atoms with Crippen LogP contribution >= 0.6 is 0 Å². The number of nitrogens with zero attached hydrogens (tertiary/aromatic N) is 2. The summed E-state index contributed by atoms with van der Waals surface area (Å²) < 4.78 is 13.1. The molecule has 0 saturated carbocycles. The molecule has 0 amide bonds. The topological polar surface area (TPSA) is 64.3 Å². The molecular formula is C13H13FN2O2. The Kier molecular flexibility index (Phi) is 4.88. The second-order valence-electron chi connectivity index (χ2n) is 3.70. The van der Waals surface area contributed by atoms with E-state index in [1.807, 2.05) is 6.07 Å². The third kappa shape index (κ3) is 3.91. The second-order valence-corrected chi connectivity index (χ2v) is 3.70. The first-order valence-electron chi connectivity index (χ1n) is 5.33. The van der Waals surface area contributed by atoms with Crippen molar-refractivity contribution in [3.05, 3.63) is 35.7 Å². The zero-order valence-corrected chi connectivity index (χ0v) is 9.93. The van der Waals surface area contributed by atoms with E-state index in [0.29, 0.717) is 24.2 Å². The van der Waals surface area contributed by atoms with Crippen LogP contribution in [0.25, 0.3) is 6.08 Å². The van der Waals surface area contributed by atoms with E-state index in [1.54, 1.807) is 18.0 Å². The highest BCUT2D eigenvalue weighted by atomic mass is 19.1. The van der Waals surface area contributed by atoms with Gasteiger partial charge in [0.1, 0.15) is 5.82 Å². The third-order valence-electron chi connectivity index (χ3n) is 2.37. The van der Waals surface area contributed by atoms with Gasteiger partial charge in [0.25, 0.3) is 0 Å². The number of carbonyl (C=O) groups is 1. The summed E-state index contributed by atoms with van der Waals surface area (Å²) >= 11 is 0. The van der Waals surface area contributed by atoms with E-state index in [1.165, 1.54) is 18.2 Å². The van der Waals surface area contributed by atoms with Crippen LogP contribution in [0.3, 0.4) is 0 Å². The van der Waals surface area contributed by atoms with E-state index in [4.69, 9.17) is 10.4 Å². The molecule has 1 N–H and O–H groups in total. The number of hydrogen-bond acceptors (Lipinski definition) is 3. The number of carboxylic acids is 1. The van der Waals surface area contributed by atoms with Crippen LogP contribution in [0.5, 0.6) is 0 Å². The Morgan fingerprint density at radius 2 is 2.33 bits per heavy atom. The van der Waals surface area contributed by atoms with Crippen molar-refractivity contribution in [2.24, 2.45) is 0 Å². The van der Waals surface area contributed by atoms with Gasteiger partial charge in [0.05, 0.1) is 12.5 Å². The van der Waals surface area contributed by atoms with E-state index in [9.17, 15) is 9.18 Å². The molecule has 0 atom stereocenters. The molecule has 0 spiro atoms. The molecule has 0 fully saturated rings. The maximum Gasteiger partial charge on any atom is 0.328 e. The fourth-order valence-corrected chi connectivity index (χ4v) is 1.51. The number of hydrogen-bond donors (Lipinski definition) is 1. The molecule has 1 rings (SSSR count). The molecule has 0 radical (unpaired) electrons. The molecule has 0 aliphatic rings. The smallest absolute Gasteiger partial charge is 0.328 e. The molecule has 0 saturated heterocycles. The minimum Gasteiger partial charge on any atom is -0.478 e. The molecular weight excluding hydrogens is 235 g/mol. The summed E-state index contributed by atoms with van der Waals surface area (Å²) in [6.45, 7) is 0.496. The Morgan fingerprint density at radius 1 is 1.61 bits per heavy atom. The average molecular weight is 248 g/mol. The molecule has 0 aliphatic carbocycles. The van der Waals surface area contributed by atoms with Crippen molar-refractivity contribution in [1.29, 1.82) is 5.26 Å². The maximum absolute atomic E-state index is 13.1. The Balaban J connectivity index is 3.03. The zero-order chi connectivity index (χ0) is 13.5. The SMILES string of the molecule is CN(CCC#N)c1ccc(F)cc1/C=C/C(=O)O. The normalized spacial score (nSPS) is 10.3. The zero-order valence-electron chi connectivity index (χ0n) is 9.93. The van der Waals surface area contributed by atoms with Gasteiger partial charge in [0.2, 0.25) is 0 Å². The van der Waals surface area contributed by atoms with Crippen molar-refractivity contribution >= 4 is 17.7 Å². The largest absolute Gasteiger partial charge is 0.478 e. The number of carboxylic acid groups (broad SMARTS) is 1. The molecule has 1 aromatic rings. The molecule has 0 aliphatic heterocycles. The predicted octanol–water partition coefficient (Wildman–Crippen LogP) is 2.27. The quantitative estimate of drug-likeness (QED) is 0.812. The van der Waals surface area contributed by atoms with Crippen LogP contribution in [-0.4, -0.2) is 24.7 Å². The van der Waals surface area contributed by atoms with Crippen molar-refractivity contribution < 1.29 is 14.3 Å². The third-order valence-corrected chi connectivity index (χ3v) is 2.37. The van der Waals surface area contributed by atoms with Gasteiger partial charge in [0, 0.05) is 30.9 Å². The number of benzene rings is 1. The van der Waals surface area contributed by atoms with Gasteiger partial charge in [-0.25, -0.2) is 9.18 Å². The van der Waals surface area contributed by atoms with Crippen LogP contribution in [-0.2, 0) is 4.79 Å². The predicted molar refractivity (Wildman–Crippen MR) is 66.6 cm³/mol. The summed E-state index contributed by atoms with van der Waals surface area (Å²) in [5, 5.41) is 17.1.